The van der Waals surface area contributed by atoms with Crippen molar-refractivity contribution in [3.05, 3.63) is 59.2 Å². The highest BCUT2D eigenvalue weighted by Crippen LogP contribution is 2.19. The minimum atomic E-state index is -1.10. The quantitative estimate of drug-likeness (QED) is 0.747. The molecule has 0 aliphatic carbocycles. The number of nitrogens with one attached hydrogen (secondary N) is 1. The molecular weight excluding hydrogens is 256 g/mol. The van der Waals surface area contributed by atoms with E-state index < -0.39 is 11.9 Å². The van der Waals surface area contributed by atoms with E-state index in [1.807, 2.05) is 6.92 Å². The van der Waals surface area contributed by atoms with Gasteiger partial charge >= 0.3 is 5.97 Å². The maximum atomic E-state index is 12.2. The molecule has 102 valence electrons. The molecule has 1 amide bonds. The minimum absolute atomic E-state index is 0.0343. The molecule has 0 bridgehead atoms. The Morgan fingerprint density at radius 1 is 1.10 bits per heavy atom. The monoisotopic (exact) mass is 270 g/mol. The van der Waals surface area contributed by atoms with E-state index in [2.05, 4.69) is 5.32 Å². The predicted molar refractivity (Wildman–Crippen MR) is 76.9 cm³/mol. The van der Waals surface area contributed by atoms with Gasteiger partial charge in [-0.15, -0.1) is 0 Å². The van der Waals surface area contributed by atoms with Gasteiger partial charge in [-0.2, -0.15) is 0 Å². The van der Waals surface area contributed by atoms with E-state index in [1.54, 1.807) is 30.3 Å². The van der Waals surface area contributed by atoms with Gasteiger partial charge in [-0.25, -0.2) is 4.79 Å². The average molecular weight is 270 g/mol. The lowest BCUT2D eigenvalue weighted by Crippen LogP contribution is -2.16. The number of carboxylic acids is 1. The fourth-order valence-electron chi connectivity index (χ4n) is 1.84. The number of rotatable bonds is 3. The molecule has 0 aromatic heterocycles. The highest BCUT2D eigenvalue weighted by molar-refractivity contribution is 6.10. The van der Waals surface area contributed by atoms with Gasteiger partial charge in [0.25, 0.3) is 5.91 Å². The lowest BCUT2D eigenvalue weighted by molar-refractivity contribution is 0.0698. The molecule has 0 fully saturated rings. The van der Waals surface area contributed by atoms with Crippen LogP contribution in [0.5, 0.6) is 0 Å². The SMILES string of the molecule is Cc1ccc(N)c(C(=O)Nc2ccccc2C(=O)O)c1. The normalized spacial score (nSPS) is 10.1. The van der Waals surface area contributed by atoms with Gasteiger partial charge in [0.05, 0.1) is 16.8 Å². The molecule has 5 heteroatoms. The van der Waals surface area contributed by atoms with E-state index in [0.29, 0.717) is 11.3 Å². The number of aryl methyl sites for hydroxylation is 1. The zero-order valence-corrected chi connectivity index (χ0v) is 10.9. The summed E-state index contributed by atoms with van der Waals surface area (Å²) in [5.41, 5.74) is 7.61. The maximum Gasteiger partial charge on any atom is 0.337 e. The van der Waals surface area contributed by atoms with Crippen LogP contribution in [0.1, 0.15) is 26.3 Å². The van der Waals surface area contributed by atoms with Gasteiger partial charge in [-0.05, 0) is 31.2 Å². The number of carbonyl (C=O) groups is 2. The molecule has 0 atom stereocenters. The summed E-state index contributed by atoms with van der Waals surface area (Å²) in [6, 6.07) is 11.3. The molecule has 20 heavy (non-hydrogen) atoms. The topological polar surface area (TPSA) is 92.4 Å². The molecule has 2 aromatic rings. The fourth-order valence-corrected chi connectivity index (χ4v) is 1.84. The first-order valence-electron chi connectivity index (χ1n) is 5.99. The van der Waals surface area contributed by atoms with E-state index >= 15 is 0 Å². The van der Waals surface area contributed by atoms with Crippen LogP contribution < -0.4 is 11.1 Å². The Morgan fingerprint density at radius 2 is 1.80 bits per heavy atom. The summed E-state index contributed by atoms with van der Waals surface area (Å²) in [5.74, 6) is -1.53. The molecule has 2 aromatic carbocycles. The summed E-state index contributed by atoms with van der Waals surface area (Å²) < 4.78 is 0. The first kappa shape index (κ1) is 13.6. The Labute approximate surface area is 116 Å². The molecule has 0 heterocycles. The molecule has 0 radical (unpaired) electrons. The second-order valence-corrected chi connectivity index (χ2v) is 4.40. The fraction of sp³-hybridized carbons (Fsp3) is 0.0667. The Hall–Kier alpha value is -2.82. The number of anilines is 2. The van der Waals surface area contributed by atoms with Crippen LogP contribution in [-0.2, 0) is 0 Å². The number of aromatic carboxylic acids is 1. The minimum Gasteiger partial charge on any atom is -0.478 e. The molecule has 0 aliphatic rings. The van der Waals surface area contributed by atoms with Crippen LogP contribution in [0, 0.1) is 6.92 Å². The number of amides is 1. The average Bonchev–Trinajstić information content (AvgIpc) is 2.41. The molecule has 2 rings (SSSR count). The highest BCUT2D eigenvalue weighted by atomic mass is 16.4. The van der Waals surface area contributed by atoms with Gasteiger partial charge in [0.1, 0.15) is 0 Å². The first-order chi connectivity index (χ1) is 9.49. The van der Waals surface area contributed by atoms with E-state index in [4.69, 9.17) is 10.8 Å². The largest absolute Gasteiger partial charge is 0.478 e. The van der Waals surface area contributed by atoms with Crippen molar-refractivity contribution in [1.82, 2.24) is 0 Å². The summed E-state index contributed by atoms with van der Waals surface area (Å²) in [7, 11) is 0. The van der Waals surface area contributed by atoms with Gasteiger partial charge in [0, 0.05) is 5.69 Å². The van der Waals surface area contributed by atoms with Crippen LogP contribution in [0.4, 0.5) is 11.4 Å². The van der Waals surface area contributed by atoms with E-state index in [-0.39, 0.29) is 11.3 Å². The molecule has 0 saturated heterocycles. The predicted octanol–water partition coefficient (Wildman–Crippen LogP) is 2.53. The molecule has 0 spiro atoms. The van der Waals surface area contributed by atoms with Crippen molar-refractivity contribution in [3.8, 4) is 0 Å². The van der Waals surface area contributed by atoms with Crippen LogP contribution in [0.15, 0.2) is 42.5 Å². The first-order valence-corrected chi connectivity index (χ1v) is 5.99. The van der Waals surface area contributed by atoms with Gasteiger partial charge in [0.15, 0.2) is 0 Å². The molecular formula is C15H14N2O3. The Kier molecular flexibility index (Phi) is 3.70. The van der Waals surface area contributed by atoms with Crippen molar-refractivity contribution < 1.29 is 14.7 Å². The van der Waals surface area contributed by atoms with Crippen molar-refractivity contribution in [1.29, 1.82) is 0 Å². The van der Waals surface area contributed by atoms with Gasteiger partial charge in [-0.1, -0.05) is 23.8 Å². The number of nitrogens with two attached hydrogens (primary N) is 1. The Morgan fingerprint density at radius 3 is 2.50 bits per heavy atom. The summed E-state index contributed by atoms with van der Waals surface area (Å²) in [6.45, 7) is 1.85. The number of nitrogen functional groups attached to an aromatic ring is 1. The van der Waals surface area contributed by atoms with Gasteiger partial charge < -0.3 is 16.2 Å². The van der Waals surface area contributed by atoms with Crippen molar-refractivity contribution in [2.24, 2.45) is 0 Å². The van der Waals surface area contributed by atoms with Gasteiger partial charge in [-0.3, -0.25) is 4.79 Å². The summed E-state index contributed by atoms with van der Waals surface area (Å²) in [4.78, 5) is 23.3. The van der Waals surface area contributed by atoms with Crippen LogP contribution in [-0.4, -0.2) is 17.0 Å². The second kappa shape index (κ2) is 5.44. The van der Waals surface area contributed by atoms with E-state index in [0.717, 1.165) is 5.56 Å². The van der Waals surface area contributed by atoms with E-state index in [9.17, 15) is 9.59 Å². The maximum absolute atomic E-state index is 12.2. The molecule has 0 unspecified atom stereocenters. The van der Waals surface area contributed by atoms with Crippen LogP contribution in [0.2, 0.25) is 0 Å². The van der Waals surface area contributed by atoms with Crippen LogP contribution in [0.3, 0.4) is 0 Å². The molecule has 0 saturated carbocycles. The van der Waals surface area contributed by atoms with Crippen molar-refractivity contribution in [2.75, 3.05) is 11.1 Å². The number of benzene rings is 2. The summed E-state index contributed by atoms with van der Waals surface area (Å²) in [6.07, 6.45) is 0. The van der Waals surface area contributed by atoms with Crippen molar-refractivity contribution >= 4 is 23.3 Å². The number of hydrogen-bond acceptors (Lipinski definition) is 3. The molecule has 0 aliphatic heterocycles. The number of carboxylic acid groups (broad SMARTS) is 1. The Bertz CT molecular complexity index is 681. The van der Waals surface area contributed by atoms with Crippen LogP contribution in [0.25, 0.3) is 0 Å². The number of para-hydroxylation sites is 1. The second-order valence-electron chi connectivity index (χ2n) is 4.40. The smallest absolute Gasteiger partial charge is 0.337 e. The Balaban J connectivity index is 2.33. The summed E-state index contributed by atoms with van der Waals surface area (Å²) >= 11 is 0. The third-order valence-corrected chi connectivity index (χ3v) is 2.86. The number of carbonyl (C=O) groups excluding carboxylic acids is 1. The highest BCUT2D eigenvalue weighted by Gasteiger charge is 2.14. The standard InChI is InChI=1S/C15H14N2O3/c1-9-6-7-12(16)11(8-9)14(18)17-13-5-3-2-4-10(13)15(19)20/h2-8H,16H2,1H3,(H,17,18)(H,19,20). The number of hydrogen-bond donors (Lipinski definition) is 3. The summed E-state index contributed by atoms with van der Waals surface area (Å²) in [5, 5.41) is 11.6. The zero-order chi connectivity index (χ0) is 14.7. The van der Waals surface area contributed by atoms with Crippen molar-refractivity contribution in [2.45, 2.75) is 6.92 Å². The molecule has 4 N–H and O–H groups in total. The third kappa shape index (κ3) is 2.77. The van der Waals surface area contributed by atoms with Crippen LogP contribution >= 0.6 is 0 Å². The zero-order valence-electron chi connectivity index (χ0n) is 10.9. The third-order valence-electron chi connectivity index (χ3n) is 2.86. The lowest BCUT2D eigenvalue weighted by atomic mass is 10.1. The molecule has 5 nitrogen and oxygen atoms in total. The van der Waals surface area contributed by atoms with Crippen molar-refractivity contribution in [3.63, 3.8) is 0 Å². The van der Waals surface area contributed by atoms with Gasteiger partial charge in [0.2, 0.25) is 0 Å². The lowest BCUT2D eigenvalue weighted by Gasteiger charge is -2.10. The van der Waals surface area contributed by atoms with E-state index in [1.165, 1.54) is 12.1 Å².